The van der Waals surface area contributed by atoms with Gasteiger partial charge in [0.1, 0.15) is 0 Å². The summed E-state index contributed by atoms with van der Waals surface area (Å²) in [4.78, 5) is 17.5. The lowest BCUT2D eigenvalue weighted by Gasteiger charge is -2.09. The highest BCUT2D eigenvalue weighted by Gasteiger charge is 2.17. The Bertz CT molecular complexity index is 1310. The Labute approximate surface area is 172 Å². The molecule has 3 aromatic carbocycles. The van der Waals surface area contributed by atoms with Crippen molar-refractivity contribution in [3.05, 3.63) is 102 Å². The largest absolute Gasteiger partial charge is 0.290 e. The number of amides is 1. The Hall–Kier alpha value is -4.26. The molecule has 30 heavy (non-hydrogen) atoms. The molecule has 0 spiro atoms. The summed E-state index contributed by atoms with van der Waals surface area (Å²) in [6.45, 7) is 0.545. The smallest absolute Gasteiger partial charge is 0.280 e. The molecule has 7 heteroatoms. The van der Waals surface area contributed by atoms with E-state index in [0.29, 0.717) is 12.5 Å². The number of carbonyl (C=O) groups is 1. The highest BCUT2D eigenvalue weighted by atomic mass is 16.2. The van der Waals surface area contributed by atoms with Crippen LogP contribution in [0.1, 0.15) is 16.1 Å². The summed E-state index contributed by atoms with van der Waals surface area (Å²) in [5, 5.41) is 11.0. The highest BCUT2D eigenvalue weighted by Crippen LogP contribution is 2.24. The average molecular weight is 394 g/mol. The zero-order chi connectivity index (χ0) is 20.3. The third-order valence-corrected chi connectivity index (χ3v) is 4.76. The molecule has 1 amide bonds. The molecule has 146 valence electrons. The monoisotopic (exact) mass is 394 g/mol. The maximum atomic E-state index is 12.9. The quantitative estimate of drug-likeness (QED) is 0.490. The molecule has 0 atom stereocenters. The van der Waals surface area contributed by atoms with E-state index in [1.165, 1.54) is 0 Å². The molecule has 0 saturated heterocycles. The van der Waals surface area contributed by atoms with Crippen molar-refractivity contribution >= 4 is 22.9 Å². The van der Waals surface area contributed by atoms with E-state index < -0.39 is 0 Å². The van der Waals surface area contributed by atoms with E-state index in [0.717, 1.165) is 22.3 Å². The molecule has 0 radical (unpaired) electrons. The first-order chi connectivity index (χ1) is 14.8. The number of nitrogens with zero attached hydrogens (tertiary/aromatic N) is 5. The second kappa shape index (κ2) is 7.63. The summed E-state index contributed by atoms with van der Waals surface area (Å²) in [5.41, 5.74) is 3.93. The van der Waals surface area contributed by atoms with Gasteiger partial charge >= 0.3 is 0 Å². The molecule has 0 aliphatic heterocycles. The first kappa shape index (κ1) is 17.8. The van der Waals surface area contributed by atoms with Gasteiger partial charge in [0.05, 0.1) is 23.8 Å². The molecule has 1 N–H and O–H groups in total. The number of nitrogens with one attached hydrogen (secondary N) is 1. The number of imidazole rings is 1. The van der Waals surface area contributed by atoms with Gasteiger partial charge in [-0.25, -0.2) is 9.67 Å². The Kier molecular flexibility index (Phi) is 4.53. The topological polar surface area (TPSA) is 77.6 Å². The van der Waals surface area contributed by atoms with Crippen molar-refractivity contribution in [2.75, 3.05) is 5.32 Å². The molecule has 5 aromatic rings. The molecule has 0 unspecified atom stereocenters. The zero-order valence-corrected chi connectivity index (χ0v) is 16.0. The van der Waals surface area contributed by atoms with E-state index in [1.54, 1.807) is 10.9 Å². The van der Waals surface area contributed by atoms with E-state index in [9.17, 15) is 4.79 Å². The maximum Gasteiger partial charge on any atom is 0.280 e. The molecule has 7 nitrogen and oxygen atoms in total. The maximum absolute atomic E-state index is 12.9. The van der Waals surface area contributed by atoms with Gasteiger partial charge in [0.25, 0.3) is 5.91 Å². The van der Waals surface area contributed by atoms with E-state index in [-0.39, 0.29) is 11.6 Å². The van der Waals surface area contributed by atoms with Crippen LogP contribution in [0.3, 0.4) is 0 Å². The molecule has 0 fully saturated rings. The van der Waals surface area contributed by atoms with Crippen LogP contribution in [0.2, 0.25) is 0 Å². The van der Waals surface area contributed by atoms with Gasteiger partial charge in [0.2, 0.25) is 5.95 Å². The summed E-state index contributed by atoms with van der Waals surface area (Å²) in [7, 11) is 0. The van der Waals surface area contributed by atoms with Crippen molar-refractivity contribution in [3.8, 4) is 5.69 Å². The van der Waals surface area contributed by atoms with Crippen LogP contribution in [0, 0.1) is 0 Å². The van der Waals surface area contributed by atoms with Crippen molar-refractivity contribution in [2.24, 2.45) is 0 Å². The van der Waals surface area contributed by atoms with E-state index in [2.05, 4.69) is 20.6 Å². The first-order valence-corrected chi connectivity index (χ1v) is 9.56. The Morgan fingerprint density at radius 3 is 2.37 bits per heavy atom. The lowest BCUT2D eigenvalue weighted by atomic mass is 10.2. The van der Waals surface area contributed by atoms with Crippen LogP contribution in [0.4, 0.5) is 5.95 Å². The van der Waals surface area contributed by atoms with Gasteiger partial charge in [0, 0.05) is 5.69 Å². The van der Waals surface area contributed by atoms with Crippen molar-refractivity contribution in [1.82, 2.24) is 24.5 Å². The highest BCUT2D eigenvalue weighted by molar-refractivity contribution is 6.02. The van der Waals surface area contributed by atoms with Gasteiger partial charge in [-0.1, -0.05) is 65.9 Å². The molecular formula is C23H18N6O. The van der Waals surface area contributed by atoms with Crippen LogP contribution < -0.4 is 5.32 Å². The third kappa shape index (κ3) is 3.44. The van der Waals surface area contributed by atoms with Crippen molar-refractivity contribution in [2.45, 2.75) is 6.54 Å². The summed E-state index contributed by atoms with van der Waals surface area (Å²) >= 11 is 0. The lowest BCUT2D eigenvalue weighted by molar-refractivity contribution is 0.102. The Morgan fingerprint density at radius 2 is 1.57 bits per heavy atom. The number of fused-ring (bicyclic) bond motifs is 1. The molecule has 5 rings (SSSR count). The predicted octanol–water partition coefficient (Wildman–Crippen LogP) is 3.92. The van der Waals surface area contributed by atoms with Gasteiger partial charge in [-0.15, -0.1) is 5.10 Å². The lowest BCUT2D eigenvalue weighted by Crippen LogP contribution is -2.16. The average Bonchev–Trinajstić information content (AvgIpc) is 3.39. The fourth-order valence-electron chi connectivity index (χ4n) is 3.36. The Morgan fingerprint density at radius 1 is 0.867 bits per heavy atom. The van der Waals surface area contributed by atoms with Crippen molar-refractivity contribution in [3.63, 3.8) is 0 Å². The molecule has 2 heterocycles. The summed E-state index contributed by atoms with van der Waals surface area (Å²) < 4.78 is 3.56. The normalized spacial score (nSPS) is 10.9. The zero-order valence-electron chi connectivity index (χ0n) is 16.0. The van der Waals surface area contributed by atoms with Gasteiger partial charge in [-0.3, -0.25) is 14.7 Å². The number of benzene rings is 3. The van der Waals surface area contributed by atoms with Crippen LogP contribution in [0.5, 0.6) is 0 Å². The van der Waals surface area contributed by atoms with Crippen LogP contribution in [-0.2, 0) is 6.54 Å². The van der Waals surface area contributed by atoms with Crippen LogP contribution >= 0.6 is 0 Å². The SMILES string of the molecule is O=C(Nc1nc2ccccc2n1-c1ccccc1)c1cn(Cc2ccccc2)nn1. The van der Waals surface area contributed by atoms with E-state index in [4.69, 9.17) is 0 Å². The molecule has 2 aromatic heterocycles. The summed E-state index contributed by atoms with van der Waals surface area (Å²) in [5.74, 6) is 0.0757. The number of anilines is 1. The first-order valence-electron chi connectivity index (χ1n) is 9.56. The fourth-order valence-corrected chi connectivity index (χ4v) is 3.36. The number of carbonyl (C=O) groups excluding carboxylic acids is 1. The number of hydrogen-bond acceptors (Lipinski definition) is 4. The molecule has 0 bridgehead atoms. The summed E-state index contributed by atoms with van der Waals surface area (Å²) in [6.07, 6.45) is 1.64. The predicted molar refractivity (Wildman–Crippen MR) is 115 cm³/mol. The number of hydrogen-bond donors (Lipinski definition) is 1. The molecule has 0 saturated carbocycles. The number of para-hydroxylation sites is 3. The third-order valence-electron chi connectivity index (χ3n) is 4.76. The number of aromatic nitrogens is 5. The standard InChI is InChI=1S/C23H18N6O/c30-22(20-16-28(27-26-20)15-17-9-3-1-4-10-17)25-23-24-19-13-7-8-14-21(19)29(23)18-11-5-2-6-12-18/h1-14,16H,15H2,(H,24,25,30). The Balaban J connectivity index is 1.44. The van der Waals surface area contributed by atoms with Gasteiger partial charge in [-0.2, -0.15) is 0 Å². The van der Waals surface area contributed by atoms with Crippen LogP contribution in [0.15, 0.2) is 91.1 Å². The minimum Gasteiger partial charge on any atom is -0.290 e. The van der Waals surface area contributed by atoms with Gasteiger partial charge in [-0.05, 0) is 29.8 Å². The second-order valence-corrected chi connectivity index (χ2v) is 6.84. The van der Waals surface area contributed by atoms with Crippen molar-refractivity contribution < 1.29 is 4.79 Å². The second-order valence-electron chi connectivity index (χ2n) is 6.84. The summed E-state index contributed by atoms with van der Waals surface area (Å²) in [6, 6.07) is 27.5. The minimum absolute atomic E-state index is 0.234. The minimum atomic E-state index is -0.359. The van der Waals surface area contributed by atoms with Crippen molar-refractivity contribution in [1.29, 1.82) is 0 Å². The number of rotatable bonds is 5. The van der Waals surface area contributed by atoms with Gasteiger partial charge in [0.15, 0.2) is 5.69 Å². The molecule has 0 aliphatic rings. The molecular weight excluding hydrogens is 376 g/mol. The van der Waals surface area contributed by atoms with E-state index in [1.807, 2.05) is 89.5 Å². The molecule has 0 aliphatic carbocycles. The van der Waals surface area contributed by atoms with Gasteiger partial charge < -0.3 is 0 Å². The van der Waals surface area contributed by atoms with Crippen LogP contribution in [0.25, 0.3) is 16.7 Å². The van der Waals surface area contributed by atoms with E-state index >= 15 is 0 Å². The fraction of sp³-hybridized carbons (Fsp3) is 0.0435. The van der Waals surface area contributed by atoms with Crippen LogP contribution in [-0.4, -0.2) is 30.5 Å².